The lowest BCUT2D eigenvalue weighted by Gasteiger charge is -2.06. The first-order valence-corrected chi connectivity index (χ1v) is 9.54. The van der Waals surface area contributed by atoms with Crippen molar-refractivity contribution in [1.82, 2.24) is 14.8 Å². The van der Waals surface area contributed by atoms with Gasteiger partial charge in [-0.05, 0) is 44.2 Å². The molecular formula is C21H13Cl2N3O3. The van der Waals surface area contributed by atoms with Gasteiger partial charge in [0.25, 0.3) is 5.56 Å². The summed E-state index contributed by atoms with van der Waals surface area (Å²) in [6.07, 6.45) is 0. The maximum atomic E-state index is 13.4. The highest BCUT2D eigenvalue weighted by Crippen LogP contribution is 2.30. The van der Waals surface area contributed by atoms with Crippen molar-refractivity contribution in [1.29, 1.82) is 0 Å². The van der Waals surface area contributed by atoms with Gasteiger partial charge in [0.2, 0.25) is 0 Å². The lowest BCUT2D eigenvalue weighted by Crippen LogP contribution is -2.15. The van der Waals surface area contributed by atoms with E-state index in [4.69, 9.17) is 27.6 Å². The van der Waals surface area contributed by atoms with Crippen LogP contribution in [0.3, 0.4) is 0 Å². The SMILES string of the molecule is Cc1ccc2oc(=O)c3c(C)nc4[nH]n(-c5cc(Cl)ccc5Cl)c(=O)c4c3c2c1. The topological polar surface area (TPSA) is 80.9 Å². The largest absolute Gasteiger partial charge is 0.422 e. The van der Waals surface area contributed by atoms with E-state index >= 15 is 0 Å². The maximum absolute atomic E-state index is 13.4. The summed E-state index contributed by atoms with van der Waals surface area (Å²) in [6.45, 7) is 3.64. The highest BCUT2D eigenvalue weighted by atomic mass is 35.5. The number of halogens is 2. The molecule has 0 aliphatic heterocycles. The number of fused-ring (bicyclic) bond motifs is 5. The maximum Gasteiger partial charge on any atom is 0.346 e. The van der Waals surface area contributed by atoms with Crippen LogP contribution in [-0.2, 0) is 0 Å². The number of pyridine rings is 1. The molecule has 144 valence electrons. The Balaban J connectivity index is 2.05. The second kappa shape index (κ2) is 6.20. The van der Waals surface area contributed by atoms with Gasteiger partial charge >= 0.3 is 5.63 Å². The van der Waals surface area contributed by atoms with E-state index in [9.17, 15) is 9.59 Å². The number of aromatic amines is 1. The molecule has 5 rings (SSSR count). The third kappa shape index (κ3) is 2.60. The lowest BCUT2D eigenvalue weighted by atomic mass is 10.0. The van der Waals surface area contributed by atoms with Gasteiger partial charge in [0.05, 0.1) is 27.2 Å². The molecule has 0 spiro atoms. The molecule has 6 nitrogen and oxygen atoms in total. The Bertz CT molecular complexity index is 1600. The van der Waals surface area contributed by atoms with E-state index in [1.165, 1.54) is 4.68 Å². The first-order chi connectivity index (χ1) is 13.8. The van der Waals surface area contributed by atoms with Crippen LogP contribution in [0.5, 0.6) is 0 Å². The average molecular weight is 426 g/mol. The van der Waals surface area contributed by atoms with Gasteiger partial charge in [0, 0.05) is 15.8 Å². The molecule has 2 aromatic carbocycles. The van der Waals surface area contributed by atoms with Gasteiger partial charge in [-0.2, -0.15) is 0 Å². The van der Waals surface area contributed by atoms with E-state index in [-0.39, 0.29) is 10.9 Å². The van der Waals surface area contributed by atoms with Crippen molar-refractivity contribution >= 4 is 56.0 Å². The number of rotatable bonds is 1. The quantitative estimate of drug-likeness (QED) is 0.306. The molecule has 0 aliphatic rings. The molecule has 0 saturated heterocycles. The zero-order valence-electron chi connectivity index (χ0n) is 15.3. The van der Waals surface area contributed by atoms with Crippen molar-refractivity contribution < 1.29 is 4.42 Å². The number of hydrogen-bond acceptors (Lipinski definition) is 4. The minimum Gasteiger partial charge on any atom is -0.422 e. The molecule has 29 heavy (non-hydrogen) atoms. The minimum absolute atomic E-state index is 0.288. The van der Waals surface area contributed by atoms with Crippen LogP contribution >= 0.6 is 23.2 Å². The Labute approximate surface area is 173 Å². The van der Waals surface area contributed by atoms with E-state index in [0.717, 1.165) is 5.56 Å². The lowest BCUT2D eigenvalue weighted by molar-refractivity contribution is 0.569. The van der Waals surface area contributed by atoms with Crippen LogP contribution in [-0.4, -0.2) is 14.8 Å². The number of aryl methyl sites for hydroxylation is 2. The number of nitrogens with one attached hydrogen (secondary N) is 1. The van der Waals surface area contributed by atoms with E-state index in [0.29, 0.717) is 48.8 Å². The molecule has 3 aromatic heterocycles. The Kier molecular flexibility index (Phi) is 3.84. The molecule has 0 radical (unpaired) electrons. The molecule has 3 heterocycles. The summed E-state index contributed by atoms with van der Waals surface area (Å²) in [7, 11) is 0. The number of nitrogens with zero attached hydrogens (tertiary/aromatic N) is 2. The number of hydrogen-bond donors (Lipinski definition) is 1. The van der Waals surface area contributed by atoms with Crippen molar-refractivity contribution in [2.45, 2.75) is 13.8 Å². The molecule has 0 unspecified atom stereocenters. The highest BCUT2D eigenvalue weighted by Gasteiger charge is 2.21. The molecule has 0 atom stereocenters. The Morgan fingerprint density at radius 1 is 1.00 bits per heavy atom. The van der Waals surface area contributed by atoms with Crippen molar-refractivity contribution in [3.05, 3.63) is 78.5 Å². The zero-order valence-corrected chi connectivity index (χ0v) is 16.9. The zero-order chi connectivity index (χ0) is 20.4. The van der Waals surface area contributed by atoms with Gasteiger partial charge in [-0.25, -0.2) is 14.5 Å². The number of aromatic nitrogens is 3. The third-order valence-corrected chi connectivity index (χ3v) is 5.53. The first kappa shape index (κ1) is 18.0. The highest BCUT2D eigenvalue weighted by molar-refractivity contribution is 6.34. The predicted octanol–water partition coefficient (Wildman–Crippen LogP) is 4.90. The van der Waals surface area contributed by atoms with Crippen LogP contribution < -0.4 is 11.2 Å². The van der Waals surface area contributed by atoms with Gasteiger partial charge in [0.15, 0.2) is 5.65 Å². The summed E-state index contributed by atoms with van der Waals surface area (Å²) < 4.78 is 6.77. The predicted molar refractivity (Wildman–Crippen MR) is 115 cm³/mol. The van der Waals surface area contributed by atoms with Gasteiger partial charge in [-0.3, -0.25) is 9.89 Å². The smallest absolute Gasteiger partial charge is 0.346 e. The van der Waals surface area contributed by atoms with Crippen LogP contribution in [0, 0.1) is 13.8 Å². The molecule has 0 bridgehead atoms. The fourth-order valence-electron chi connectivity index (χ4n) is 3.69. The van der Waals surface area contributed by atoms with Crippen molar-refractivity contribution in [3.63, 3.8) is 0 Å². The van der Waals surface area contributed by atoms with Crippen LogP contribution in [0.1, 0.15) is 11.3 Å². The van der Waals surface area contributed by atoms with Crippen LogP contribution in [0.2, 0.25) is 10.0 Å². The van der Waals surface area contributed by atoms with E-state index in [1.807, 2.05) is 19.1 Å². The molecule has 0 aliphatic carbocycles. The van der Waals surface area contributed by atoms with Gasteiger partial charge in [-0.15, -0.1) is 0 Å². The van der Waals surface area contributed by atoms with Crippen molar-refractivity contribution in [2.75, 3.05) is 0 Å². The summed E-state index contributed by atoms with van der Waals surface area (Å²) in [6, 6.07) is 10.3. The fraction of sp³-hybridized carbons (Fsp3) is 0.0952. The molecule has 5 aromatic rings. The molecule has 1 N–H and O–H groups in total. The summed E-state index contributed by atoms with van der Waals surface area (Å²) in [5, 5.41) is 5.56. The van der Waals surface area contributed by atoms with Gasteiger partial charge < -0.3 is 4.42 Å². The third-order valence-electron chi connectivity index (χ3n) is 4.97. The summed E-state index contributed by atoms with van der Waals surface area (Å²) in [5.74, 6) is 0. The van der Waals surface area contributed by atoms with E-state index in [1.54, 1.807) is 31.2 Å². The molecule has 8 heteroatoms. The minimum atomic E-state index is -0.531. The van der Waals surface area contributed by atoms with Gasteiger partial charge in [-0.1, -0.05) is 34.8 Å². The standard InChI is InChI=1S/C21H13Cl2N3O3/c1-9-3-6-15-12(7-9)17-16(21(28)29-15)10(2)24-19-18(17)20(27)26(25-19)14-8-11(22)4-5-13(14)23/h3-8H,1-2H3,(H,24,25). The Morgan fingerprint density at radius 2 is 1.79 bits per heavy atom. The van der Waals surface area contributed by atoms with Crippen molar-refractivity contribution in [2.24, 2.45) is 0 Å². The molecular weight excluding hydrogens is 413 g/mol. The van der Waals surface area contributed by atoms with E-state index in [2.05, 4.69) is 10.1 Å². The fourth-order valence-corrected chi connectivity index (χ4v) is 4.05. The normalized spacial score (nSPS) is 11.7. The van der Waals surface area contributed by atoms with E-state index < -0.39 is 5.63 Å². The molecule has 0 saturated carbocycles. The monoisotopic (exact) mass is 425 g/mol. The summed E-state index contributed by atoms with van der Waals surface area (Å²) in [5.41, 5.74) is 1.69. The van der Waals surface area contributed by atoms with Crippen molar-refractivity contribution in [3.8, 4) is 5.69 Å². The second-order valence-electron chi connectivity index (χ2n) is 6.91. The molecule has 0 fully saturated rings. The Morgan fingerprint density at radius 3 is 2.59 bits per heavy atom. The number of benzene rings is 2. The molecule has 0 amide bonds. The number of H-pyrrole nitrogens is 1. The van der Waals surface area contributed by atoms with Crippen LogP contribution in [0.4, 0.5) is 0 Å². The van der Waals surface area contributed by atoms with Crippen LogP contribution in [0.25, 0.3) is 38.5 Å². The summed E-state index contributed by atoms with van der Waals surface area (Å²) >= 11 is 12.4. The average Bonchev–Trinajstić information content (AvgIpc) is 3.00. The first-order valence-electron chi connectivity index (χ1n) is 8.79. The van der Waals surface area contributed by atoms with Crippen LogP contribution in [0.15, 0.2) is 50.4 Å². The second-order valence-corrected chi connectivity index (χ2v) is 7.75. The Hall–Kier alpha value is -3.09. The summed E-state index contributed by atoms with van der Waals surface area (Å²) in [4.78, 5) is 30.5. The van der Waals surface area contributed by atoms with Gasteiger partial charge in [0.1, 0.15) is 5.58 Å².